The molecule has 154 valence electrons. The smallest absolute Gasteiger partial charge is 0.255 e. The Morgan fingerprint density at radius 2 is 1.62 bits per heavy atom. The monoisotopic (exact) mass is 396 g/mol. The molecule has 0 atom stereocenters. The van der Waals surface area contributed by atoms with Crippen LogP contribution < -0.4 is 14.8 Å². The Balaban J connectivity index is 1.67. The van der Waals surface area contributed by atoms with Crippen LogP contribution in [0, 0.1) is 0 Å². The average Bonchev–Trinajstić information content (AvgIpc) is 3.28. The summed E-state index contributed by atoms with van der Waals surface area (Å²) in [6, 6.07) is 12.2. The molecule has 0 spiro atoms. The zero-order valence-electron chi connectivity index (χ0n) is 17.1. The quantitative estimate of drug-likeness (QED) is 0.720. The van der Waals surface area contributed by atoms with E-state index in [1.807, 2.05) is 18.7 Å². The normalized spacial score (nSPS) is 13.2. The van der Waals surface area contributed by atoms with Crippen molar-refractivity contribution in [1.29, 1.82) is 0 Å². The third kappa shape index (κ3) is 5.28. The summed E-state index contributed by atoms with van der Waals surface area (Å²) in [4.78, 5) is 26.9. The van der Waals surface area contributed by atoms with Gasteiger partial charge in [-0.25, -0.2) is 0 Å². The summed E-state index contributed by atoms with van der Waals surface area (Å²) in [6.07, 6.45) is 3.02. The number of carbonyl (C=O) groups is 2. The van der Waals surface area contributed by atoms with Crippen molar-refractivity contribution in [2.24, 2.45) is 0 Å². The van der Waals surface area contributed by atoms with Gasteiger partial charge in [0.05, 0.1) is 13.2 Å². The summed E-state index contributed by atoms with van der Waals surface area (Å²) in [7, 11) is 0. The van der Waals surface area contributed by atoms with E-state index in [9.17, 15) is 9.59 Å². The van der Waals surface area contributed by atoms with Gasteiger partial charge in [0.1, 0.15) is 0 Å². The first kappa shape index (κ1) is 20.7. The van der Waals surface area contributed by atoms with Gasteiger partial charge in [-0.15, -0.1) is 0 Å². The van der Waals surface area contributed by atoms with Gasteiger partial charge in [0.15, 0.2) is 11.5 Å². The van der Waals surface area contributed by atoms with Crippen LogP contribution in [0.25, 0.3) is 0 Å². The number of anilines is 1. The SMILES string of the molecule is CCCOc1ccc(C(=O)Nc2ccc(C(=O)N3CCCC3)cc2)cc1OCC. The third-order valence-corrected chi connectivity index (χ3v) is 4.75. The van der Waals surface area contributed by atoms with E-state index in [1.165, 1.54) is 0 Å². The fraction of sp³-hybridized carbons (Fsp3) is 0.391. The largest absolute Gasteiger partial charge is 0.490 e. The Kier molecular flexibility index (Phi) is 7.11. The number of benzene rings is 2. The fourth-order valence-electron chi connectivity index (χ4n) is 3.25. The highest BCUT2D eigenvalue weighted by Crippen LogP contribution is 2.29. The van der Waals surface area contributed by atoms with E-state index in [0.717, 1.165) is 32.4 Å². The number of nitrogens with zero attached hydrogens (tertiary/aromatic N) is 1. The van der Waals surface area contributed by atoms with Crippen molar-refractivity contribution in [3.05, 3.63) is 53.6 Å². The van der Waals surface area contributed by atoms with E-state index in [4.69, 9.17) is 9.47 Å². The van der Waals surface area contributed by atoms with Crippen LogP contribution in [0.1, 0.15) is 53.8 Å². The molecule has 1 N–H and O–H groups in total. The first-order valence-corrected chi connectivity index (χ1v) is 10.2. The summed E-state index contributed by atoms with van der Waals surface area (Å²) >= 11 is 0. The predicted octanol–water partition coefficient (Wildman–Crippen LogP) is 4.36. The average molecular weight is 396 g/mol. The summed E-state index contributed by atoms with van der Waals surface area (Å²) in [5.41, 5.74) is 1.76. The zero-order valence-corrected chi connectivity index (χ0v) is 17.1. The van der Waals surface area contributed by atoms with E-state index in [0.29, 0.717) is 41.5 Å². The number of hydrogen-bond acceptors (Lipinski definition) is 4. The third-order valence-electron chi connectivity index (χ3n) is 4.75. The van der Waals surface area contributed by atoms with Gasteiger partial charge in [0.25, 0.3) is 11.8 Å². The second-order valence-corrected chi connectivity index (χ2v) is 6.97. The van der Waals surface area contributed by atoms with E-state index < -0.39 is 0 Å². The summed E-state index contributed by atoms with van der Waals surface area (Å²) in [6.45, 7) is 6.64. The number of carbonyl (C=O) groups excluding carboxylic acids is 2. The lowest BCUT2D eigenvalue weighted by molar-refractivity contribution is 0.0792. The van der Waals surface area contributed by atoms with Gasteiger partial charge in [-0.3, -0.25) is 9.59 Å². The van der Waals surface area contributed by atoms with Crippen LogP contribution in [0.5, 0.6) is 11.5 Å². The molecular formula is C23H28N2O4. The summed E-state index contributed by atoms with van der Waals surface area (Å²) < 4.78 is 11.3. The van der Waals surface area contributed by atoms with E-state index in [1.54, 1.807) is 42.5 Å². The van der Waals surface area contributed by atoms with E-state index in [-0.39, 0.29) is 11.8 Å². The maximum atomic E-state index is 12.6. The molecule has 2 aromatic carbocycles. The second kappa shape index (κ2) is 9.96. The van der Waals surface area contributed by atoms with Crippen LogP contribution >= 0.6 is 0 Å². The molecule has 6 heteroatoms. The van der Waals surface area contributed by atoms with Crippen molar-refractivity contribution in [1.82, 2.24) is 4.90 Å². The number of rotatable bonds is 8. The molecule has 1 saturated heterocycles. The highest BCUT2D eigenvalue weighted by molar-refractivity contribution is 6.05. The number of likely N-dealkylation sites (tertiary alicyclic amines) is 1. The first-order valence-electron chi connectivity index (χ1n) is 10.2. The Bertz CT molecular complexity index is 842. The molecule has 0 saturated carbocycles. The van der Waals surface area contributed by atoms with Gasteiger partial charge in [-0.2, -0.15) is 0 Å². The molecule has 0 radical (unpaired) electrons. The molecule has 29 heavy (non-hydrogen) atoms. The van der Waals surface area contributed by atoms with Gasteiger partial charge in [-0.05, 0) is 68.7 Å². The molecular weight excluding hydrogens is 368 g/mol. The van der Waals surface area contributed by atoms with E-state index >= 15 is 0 Å². The van der Waals surface area contributed by atoms with Gasteiger partial charge in [0, 0.05) is 29.9 Å². The van der Waals surface area contributed by atoms with E-state index in [2.05, 4.69) is 5.32 Å². The molecule has 6 nitrogen and oxygen atoms in total. The van der Waals surface area contributed by atoms with Crippen LogP contribution in [0.4, 0.5) is 5.69 Å². The van der Waals surface area contributed by atoms with Crippen molar-refractivity contribution in [2.45, 2.75) is 33.1 Å². The molecule has 2 amide bonds. The summed E-state index contributed by atoms with van der Waals surface area (Å²) in [5.74, 6) is 0.992. The lowest BCUT2D eigenvalue weighted by Crippen LogP contribution is -2.27. The molecule has 0 bridgehead atoms. The maximum Gasteiger partial charge on any atom is 0.255 e. The molecule has 1 aliphatic rings. The van der Waals surface area contributed by atoms with Crippen molar-refractivity contribution in [3.63, 3.8) is 0 Å². The highest BCUT2D eigenvalue weighted by atomic mass is 16.5. The minimum Gasteiger partial charge on any atom is -0.490 e. The second-order valence-electron chi connectivity index (χ2n) is 6.97. The van der Waals surface area contributed by atoms with Crippen molar-refractivity contribution >= 4 is 17.5 Å². The van der Waals surface area contributed by atoms with Crippen LogP contribution in [-0.4, -0.2) is 43.0 Å². The summed E-state index contributed by atoms with van der Waals surface area (Å²) in [5, 5.41) is 2.87. The minimum atomic E-state index is -0.244. The molecule has 0 aromatic heterocycles. The van der Waals surface area contributed by atoms with Gasteiger partial charge in [-0.1, -0.05) is 6.92 Å². The van der Waals surface area contributed by atoms with Crippen LogP contribution in [0.2, 0.25) is 0 Å². The number of nitrogens with one attached hydrogen (secondary N) is 1. The van der Waals surface area contributed by atoms with Crippen LogP contribution in [0.3, 0.4) is 0 Å². The van der Waals surface area contributed by atoms with Gasteiger partial charge < -0.3 is 19.7 Å². The molecule has 3 rings (SSSR count). The molecule has 1 fully saturated rings. The predicted molar refractivity (Wildman–Crippen MR) is 113 cm³/mol. The molecule has 0 aliphatic carbocycles. The molecule has 2 aromatic rings. The lowest BCUT2D eigenvalue weighted by atomic mass is 10.1. The van der Waals surface area contributed by atoms with Gasteiger partial charge >= 0.3 is 0 Å². The standard InChI is InChI=1S/C23H28N2O4/c1-3-15-29-20-12-9-18(16-21(20)28-4-2)22(26)24-19-10-7-17(8-11-19)23(27)25-13-5-6-14-25/h7-12,16H,3-6,13-15H2,1-2H3,(H,24,26). The minimum absolute atomic E-state index is 0.0457. The number of ether oxygens (including phenoxy) is 2. The lowest BCUT2D eigenvalue weighted by Gasteiger charge is -2.15. The Morgan fingerprint density at radius 1 is 0.931 bits per heavy atom. The Morgan fingerprint density at radius 3 is 2.28 bits per heavy atom. The Labute approximate surface area is 171 Å². The van der Waals surface area contributed by atoms with Crippen LogP contribution in [-0.2, 0) is 0 Å². The first-order chi connectivity index (χ1) is 14.1. The topological polar surface area (TPSA) is 67.9 Å². The van der Waals surface area contributed by atoms with Crippen molar-refractivity contribution < 1.29 is 19.1 Å². The van der Waals surface area contributed by atoms with Crippen molar-refractivity contribution in [3.8, 4) is 11.5 Å². The molecule has 1 heterocycles. The number of hydrogen-bond donors (Lipinski definition) is 1. The fourth-order valence-corrected chi connectivity index (χ4v) is 3.25. The van der Waals surface area contributed by atoms with Gasteiger partial charge in [0.2, 0.25) is 0 Å². The maximum absolute atomic E-state index is 12.6. The molecule has 1 aliphatic heterocycles. The molecule has 0 unspecified atom stereocenters. The highest BCUT2D eigenvalue weighted by Gasteiger charge is 2.19. The Hall–Kier alpha value is -3.02. The van der Waals surface area contributed by atoms with Crippen molar-refractivity contribution in [2.75, 3.05) is 31.6 Å². The zero-order chi connectivity index (χ0) is 20.6. The number of amides is 2. The van der Waals surface area contributed by atoms with Crippen LogP contribution in [0.15, 0.2) is 42.5 Å².